The van der Waals surface area contributed by atoms with E-state index < -0.39 is 5.54 Å². The van der Waals surface area contributed by atoms with E-state index in [1.807, 2.05) is 13.8 Å². The van der Waals surface area contributed by atoms with Crippen LogP contribution < -0.4 is 5.73 Å². The van der Waals surface area contributed by atoms with E-state index in [0.717, 1.165) is 0 Å². The summed E-state index contributed by atoms with van der Waals surface area (Å²) in [6, 6.07) is 6.56. The molecule has 19 heavy (non-hydrogen) atoms. The summed E-state index contributed by atoms with van der Waals surface area (Å²) in [6.07, 6.45) is 0.316. The highest BCUT2D eigenvalue weighted by molar-refractivity contribution is 5.21. The molecule has 1 heterocycles. The minimum absolute atomic E-state index is 0.144. The van der Waals surface area contributed by atoms with Gasteiger partial charge in [0.1, 0.15) is 5.82 Å². The third kappa shape index (κ3) is 2.98. The molecule has 1 unspecified atom stereocenters. The average Bonchev–Trinajstić information content (AvgIpc) is 2.82. The van der Waals surface area contributed by atoms with Crippen molar-refractivity contribution < 1.29 is 8.91 Å². The van der Waals surface area contributed by atoms with Gasteiger partial charge in [-0.1, -0.05) is 37.2 Å². The van der Waals surface area contributed by atoms with Crippen LogP contribution in [0.5, 0.6) is 0 Å². The second kappa shape index (κ2) is 5.09. The molecule has 1 atom stereocenters. The van der Waals surface area contributed by atoms with Crippen molar-refractivity contribution in [2.24, 2.45) is 5.73 Å². The summed E-state index contributed by atoms with van der Waals surface area (Å²) in [6.45, 7) is 5.69. The van der Waals surface area contributed by atoms with Crippen molar-refractivity contribution in [1.29, 1.82) is 0 Å². The first-order valence-corrected chi connectivity index (χ1v) is 6.26. The van der Waals surface area contributed by atoms with Crippen molar-refractivity contribution in [3.05, 3.63) is 47.4 Å². The number of nitrogens with two attached hydrogens (primary N) is 1. The molecule has 0 amide bonds. The quantitative estimate of drug-likeness (QED) is 0.921. The molecule has 0 fully saturated rings. The molecule has 0 saturated carbocycles. The summed E-state index contributed by atoms with van der Waals surface area (Å²) < 4.78 is 18.8. The minimum Gasteiger partial charge on any atom is -0.339 e. The first kappa shape index (κ1) is 13.7. The van der Waals surface area contributed by atoms with E-state index in [1.165, 1.54) is 6.07 Å². The van der Waals surface area contributed by atoms with Gasteiger partial charge in [0.15, 0.2) is 5.82 Å². The molecule has 1 aromatic heterocycles. The van der Waals surface area contributed by atoms with Gasteiger partial charge in [-0.15, -0.1) is 0 Å². The van der Waals surface area contributed by atoms with Crippen LogP contribution in [-0.4, -0.2) is 10.1 Å². The molecule has 0 radical (unpaired) electrons. The molecule has 0 spiro atoms. The first-order chi connectivity index (χ1) is 8.90. The Kier molecular flexibility index (Phi) is 3.66. The van der Waals surface area contributed by atoms with Crippen LogP contribution >= 0.6 is 0 Å². The molecule has 0 aliphatic heterocycles. The zero-order chi connectivity index (χ0) is 14.0. The zero-order valence-corrected chi connectivity index (χ0v) is 11.4. The maximum atomic E-state index is 13.6. The molecular weight excluding hydrogens is 245 g/mol. The predicted molar refractivity (Wildman–Crippen MR) is 70.0 cm³/mol. The van der Waals surface area contributed by atoms with Gasteiger partial charge in [0.2, 0.25) is 5.89 Å². The van der Waals surface area contributed by atoms with Crippen LogP contribution in [0.15, 0.2) is 28.8 Å². The third-order valence-corrected chi connectivity index (χ3v) is 2.96. The van der Waals surface area contributed by atoms with E-state index in [-0.39, 0.29) is 11.7 Å². The monoisotopic (exact) mass is 263 g/mol. The molecule has 2 rings (SSSR count). The molecule has 1 aromatic carbocycles. The van der Waals surface area contributed by atoms with Crippen LogP contribution in [0.1, 0.15) is 44.0 Å². The van der Waals surface area contributed by atoms with Crippen molar-refractivity contribution in [2.45, 2.75) is 38.6 Å². The molecule has 4 nitrogen and oxygen atoms in total. The van der Waals surface area contributed by atoms with Gasteiger partial charge >= 0.3 is 0 Å². The summed E-state index contributed by atoms with van der Waals surface area (Å²) in [5.74, 6) is 0.817. The van der Waals surface area contributed by atoms with Crippen LogP contribution in [0.4, 0.5) is 4.39 Å². The Morgan fingerprint density at radius 2 is 2.05 bits per heavy atom. The van der Waals surface area contributed by atoms with Crippen molar-refractivity contribution in [3.63, 3.8) is 0 Å². The number of hydrogen-bond acceptors (Lipinski definition) is 4. The van der Waals surface area contributed by atoms with Gasteiger partial charge in [0.25, 0.3) is 0 Å². The molecule has 0 aliphatic carbocycles. The topological polar surface area (TPSA) is 64.9 Å². The normalized spacial score (nSPS) is 14.6. The van der Waals surface area contributed by atoms with Crippen molar-refractivity contribution in [2.75, 3.05) is 0 Å². The highest BCUT2D eigenvalue weighted by Crippen LogP contribution is 2.23. The number of benzene rings is 1. The van der Waals surface area contributed by atoms with Gasteiger partial charge in [-0.05, 0) is 18.6 Å². The van der Waals surface area contributed by atoms with E-state index in [0.29, 0.717) is 23.7 Å². The Morgan fingerprint density at radius 3 is 2.63 bits per heavy atom. The fraction of sp³-hybridized carbons (Fsp3) is 0.429. The number of nitrogens with zero attached hydrogens (tertiary/aromatic N) is 2. The van der Waals surface area contributed by atoms with Crippen molar-refractivity contribution >= 4 is 0 Å². The van der Waals surface area contributed by atoms with Gasteiger partial charge < -0.3 is 10.3 Å². The number of rotatable bonds is 4. The van der Waals surface area contributed by atoms with E-state index in [9.17, 15) is 4.39 Å². The lowest BCUT2D eigenvalue weighted by Crippen LogP contribution is -2.37. The van der Waals surface area contributed by atoms with Crippen molar-refractivity contribution in [1.82, 2.24) is 10.1 Å². The van der Waals surface area contributed by atoms with E-state index >= 15 is 0 Å². The van der Waals surface area contributed by atoms with Crippen LogP contribution in [0.2, 0.25) is 0 Å². The third-order valence-electron chi connectivity index (χ3n) is 2.96. The second-order valence-corrected chi connectivity index (χ2v) is 5.30. The maximum Gasteiger partial charge on any atom is 0.229 e. The fourth-order valence-electron chi connectivity index (χ4n) is 1.82. The Bertz CT molecular complexity index is 563. The number of hydrogen-bond donors (Lipinski definition) is 1. The second-order valence-electron chi connectivity index (χ2n) is 5.30. The lowest BCUT2D eigenvalue weighted by Gasteiger charge is -2.20. The van der Waals surface area contributed by atoms with E-state index in [4.69, 9.17) is 10.3 Å². The van der Waals surface area contributed by atoms with Gasteiger partial charge in [0, 0.05) is 12.3 Å². The molecule has 102 valence electrons. The molecule has 0 aliphatic rings. The SMILES string of the molecule is CC(C)c1nc(C(C)(N)Cc2ccccc2F)no1. The summed E-state index contributed by atoms with van der Waals surface area (Å²) in [4.78, 5) is 4.28. The van der Waals surface area contributed by atoms with Crippen LogP contribution in [0.25, 0.3) is 0 Å². The van der Waals surface area contributed by atoms with Crippen LogP contribution in [0.3, 0.4) is 0 Å². The Balaban J connectivity index is 2.24. The van der Waals surface area contributed by atoms with Crippen LogP contribution in [-0.2, 0) is 12.0 Å². The van der Waals surface area contributed by atoms with Crippen LogP contribution in [0, 0.1) is 5.82 Å². The Labute approximate surface area is 111 Å². The van der Waals surface area contributed by atoms with Crippen molar-refractivity contribution in [3.8, 4) is 0 Å². The smallest absolute Gasteiger partial charge is 0.229 e. The van der Waals surface area contributed by atoms with Gasteiger partial charge in [-0.3, -0.25) is 0 Å². The fourth-order valence-corrected chi connectivity index (χ4v) is 1.82. The standard InChI is InChI=1S/C14H18FN3O/c1-9(2)12-17-13(18-19-12)14(3,16)8-10-6-4-5-7-11(10)15/h4-7,9H,8,16H2,1-3H3. The predicted octanol–water partition coefficient (Wildman–Crippen LogP) is 2.75. The lowest BCUT2D eigenvalue weighted by atomic mass is 9.93. The summed E-state index contributed by atoms with van der Waals surface area (Å²) in [5.41, 5.74) is 5.88. The number of aromatic nitrogens is 2. The van der Waals surface area contributed by atoms with E-state index in [1.54, 1.807) is 25.1 Å². The largest absolute Gasteiger partial charge is 0.339 e. The molecule has 2 aromatic rings. The highest BCUT2D eigenvalue weighted by Gasteiger charge is 2.29. The summed E-state index contributed by atoms with van der Waals surface area (Å²) in [5, 5.41) is 3.90. The Morgan fingerprint density at radius 1 is 1.37 bits per heavy atom. The van der Waals surface area contributed by atoms with Gasteiger partial charge in [0.05, 0.1) is 5.54 Å². The summed E-state index contributed by atoms with van der Waals surface area (Å²) in [7, 11) is 0. The molecule has 0 saturated heterocycles. The van der Waals surface area contributed by atoms with E-state index in [2.05, 4.69) is 10.1 Å². The summed E-state index contributed by atoms with van der Waals surface area (Å²) >= 11 is 0. The molecule has 0 bridgehead atoms. The minimum atomic E-state index is -0.862. The Hall–Kier alpha value is -1.75. The first-order valence-electron chi connectivity index (χ1n) is 6.26. The number of halogens is 1. The molecular formula is C14H18FN3O. The maximum absolute atomic E-state index is 13.6. The zero-order valence-electron chi connectivity index (χ0n) is 11.4. The average molecular weight is 263 g/mol. The molecule has 2 N–H and O–H groups in total. The van der Waals surface area contributed by atoms with Gasteiger partial charge in [-0.25, -0.2) is 4.39 Å². The van der Waals surface area contributed by atoms with Gasteiger partial charge in [-0.2, -0.15) is 4.98 Å². The highest BCUT2D eigenvalue weighted by atomic mass is 19.1. The lowest BCUT2D eigenvalue weighted by molar-refractivity contribution is 0.344. The molecule has 5 heteroatoms.